The Morgan fingerprint density at radius 3 is 2.52 bits per heavy atom. The lowest BCUT2D eigenvalue weighted by molar-refractivity contribution is 0.513. The van der Waals surface area contributed by atoms with Crippen molar-refractivity contribution in [2.45, 2.75) is 5.38 Å². The molecule has 3 aromatic rings. The molecule has 0 aliphatic rings. The molecule has 3 nitrogen and oxygen atoms in total. The first-order chi connectivity index (χ1) is 10.1. The van der Waals surface area contributed by atoms with Crippen LogP contribution < -0.4 is 0 Å². The van der Waals surface area contributed by atoms with E-state index in [1.165, 1.54) is 0 Å². The van der Waals surface area contributed by atoms with Crippen LogP contribution in [0.5, 0.6) is 0 Å². The molecular formula is C15H9BrCl2N2O. The van der Waals surface area contributed by atoms with Crippen molar-refractivity contribution in [3.63, 3.8) is 0 Å². The number of hydrogen-bond acceptors (Lipinski definition) is 3. The predicted molar refractivity (Wildman–Crippen MR) is 86.6 cm³/mol. The minimum Gasteiger partial charge on any atom is -0.419 e. The molecule has 0 fully saturated rings. The molecule has 0 bridgehead atoms. The van der Waals surface area contributed by atoms with E-state index >= 15 is 0 Å². The smallest absolute Gasteiger partial charge is 0.247 e. The Morgan fingerprint density at radius 1 is 1.05 bits per heavy atom. The van der Waals surface area contributed by atoms with Gasteiger partial charge in [0, 0.05) is 10.0 Å². The molecule has 1 atom stereocenters. The summed E-state index contributed by atoms with van der Waals surface area (Å²) in [5.74, 6) is 0.771. The van der Waals surface area contributed by atoms with Crippen LogP contribution in [0.1, 0.15) is 16.8 Å². The maximum Gasteiger partial charge on any atom is 0.247 e. The van der Waals surface area contributed by atoms with E-state index in [1.807, 2.05) is 42.5 Å². The van der Waals surface area contributed by atoms with Gasteiger partial charge in [0.15, 0.2) is 0 Å². The standard InChI is InChI=1S/C15H9BrCl2N2O/c16-11-8-10(6-7-12(11)17)14-19-20-15(21-14)13(18)9-4-2-1-3-5-9/h1-8,13H. The molecule has 0 aliphatic carbocycles. The molecule has 106 valence electrons. The van der Waals surface area contributed by atoms with Crippen LogP contribution in [0.3, 0.4) is 0 Å². The van der Waals surface area contributed by atoms with Crippen molar-refractivity contribution in [3.05, 3.63) is 69.5 Å². The third-order valence-corrected chi connectivity index (χ3v) is 4.57. The van der Waals surface area contributed by atoms with E-state index in [2.05, 4.69) is 26.1 Å². The first-order valence-electron chi connectivity index (χ1n) is 6.13. The number of nitrogens with zero attached hydrogens (tertiary/aromatic N) is 2. The minimum atomic E-state index is -0.469. The number of halogens is 3. The normalized spacial score (nSPS) is 12.3. The van der Waals surface area contributed by atoms with Gasteiger partial charge in [-0.15, -0.1) is 21.8 Å². The fourth-order valence-electron chi connectivity index (χ4n) is 1.85. The second-order valence-corrected chi connectivity index (χ2v) is 6.05. The van der Waals surface area contributed by atoms with E-state index < -0.39 is 5.38 Å². The predicted octanol–water partition coefficient (Wildman–Crippen LogP) is 5.48. The van der Waals surface area contributed by atoms with Crippen LogP contribution in [0.25, 0.3) is 11.5 Å². The Morgan fingerprint density at radius 2 is 1.81 bits per heavy atom. The van der Waals surface area contributed by atoms with E-state index in [0.29, 0.717) is 16.8 Å². The van der Waals surface area contributed by atoms with Gasteiger partial charge in [-0.05, 0) is 39.7 Å². The number of hydrogen-bond donors (Lipinski definition) is 0. The highest BCUT2D eigenvalue weighted by Gasteiger charge is 2.18. The number of alkyl halides is 1. The van der Waals surface area contributed by atoms with Crippen LogP contribution in [0, 0.1) is 0 Å². The molecule has 2 aromatic carbocycles. The average Bonchev–Trinajstić information content (AvgIpc) is 3.00. The Balaban J connectivity index is 1.91. The Bertz CT molecular complexity index is 761. The molecule has 0 saturated heterocycles. The number of aromatic nitrogens is 2. The largest absolute Gasteiger partial charge is 0.419 e. The molecule has 0 spiro atoms. The van der Waals surface area contributed by atoms with Gasteiger partial charge in [-0.3, -0.25) is 0 Å². The molecule has 0 radical (unpaired) electrons. The fourth-order valence-corrected chi connectivity index (χ4v) is 2.58. The molecule has 1 unspecified atom stereocenters. The SMILES string of the molecule is Clc1ccc(-c2nnc(C(Cl)c3ccccc3)o2)cc1Br. The molecule has 1 aromatic heterocycles. The summed E-state index contributed by atoms with van der Waals surface area (Å²) >= 11 is 15.7. The molecule has 0 aliphatic heterocycles. The van der Waals surface area contributed by atoms with E-state index in [4.69, 9.17) is 27.6 Å². The van der Waals surface area contributed by atoms with Crippen LogP contribution in [0.15, 0.2) is 57.4 Å². The molecule has 6 heteroatoms. The van der Waals surface area contributed by atoms with Crippen LogP contribution in [0.4, 0.5) is 0 Å². The van der Waals surface area contributed by atoms with Crippen molar-refractivity contribution in [2.24, 2.45) is 0 Å². The summed E-state index contributed by atoms with van der Waals surface area (Å²) < 4.78 is 6.43. The Labute approximate surface area is 140 Å². The lowest BCUT2D eigenvalue weighted by atomic mass is 10.1. The zero-order valence-electron chi connectivity index (χ0n) is 10.6. The highest BCUT2D eigenvalue weighted by atomic mass is 79.9. The summed E-state index contributed by atoms with van der Waals surface area (Å²) in [4.78, 5) is 0. The monoisotopic (exact) mass is 382 g/mol. The van der Waals surface area contributed by atoms with Gasteiger partial charge in [0.05, 0.1) is 5.02 Å². The van der Waals surface area contributed by atoms with Gasteiger partial charge in [0.2, 0.25) is 11.8 Å². The second-order valence-electron chi connectivity index (χ2n) is 4.35. The van der Waals surface area contributed by atoms with E-state index in [1.54, 1.807) is 6.07 Å². The van der Waals surface area contributed by atoms with Crippen molar-refractivity contribution in [1.29, 1.82) is 0 Å². The average molecular weight is 384 g/mol. The van der Waals surface area contributed by atoms with Crippen LogP contribution in [-0.2, 0) is 0 Å². The van der Waals surface area contributed by atoms with Gasteiger partial charge in [-0.25, -0.2) is 0 Å². The Hall–Kier alpha value is -1.36. The summed E-state index contributed by atoms with van der Waals surface area (Å²) in [6.45, 7) is 0. The lowest BCUT2D eigenvalue weighted by Crippen LogP contribution is -1.92. The summed E-state index contributed by atoms with van der Waals surface area (Å²) in [5, 5.41) is 8.22. The summed E-state index contributed by atoms with van der Waals surface area (Å²) in [5.41, 5.74) is 1.69. The summed E-state index contributed by atoms with van der Waals surface area (Å²) in [7, 11) is 0. The summed E-state index contributed by atoms with van der Waals surface area (Å²) in [6.07, 6.45) is 0. The van der Waals surface area contributed by atoms with Crippen LogP contribution in [-0.4, -0.2) is 10.2 Å². The summed E-state index contributed by atoms with van der Waals surface area (Å²) in [6, 6.07) is 15.0. The first kappa shape index (κ1) is 14.6. The first-order valence-corrected chi connectivity index (χ1v) is 7.74. The molecule has 21 heavy (non-hydrogen) atoms. The highest BCUT2D eigenvalue weighted by molar-refractivity contribution is 9.10. The Kier molecular flexibility index (Phi) is 4.29. The van der Waals surface area contributed by atoms with Gasteiger partial charge in [-0.2, -0.15) is 0 Å². The zero-order chi connectivity index (χ0) is 14.8. The second kappa shape index (κ2) is 6.18. The van der Waals surface area contributed by atoms with Crippen LogP contribution in [0.2, 0.25) is 5.02 Å². The van der Waals surface area contributed by atoms with Gasteiger partial charge in [-0.1, -0.05) is 41.9 Å². The molecule has 3 rings (SSSR count). The van der Waals surface area contributed by atoms with Gasteiger partial charge in [0.1, 0.15) is 5.38 Å². The van der Waals surface area contributed by atoms with E-state index in [9.17, 15) is 0 Å². The van der Waals surface area contributed by atoms with Crippen molar-refractivity contribution in [1.82, 2.24) is 10.2 Å². The molecule has 0 saturated carbocycles. The van der Waals surface area contributed by atoms with E-state index in [0.717, 1.165) is 15.6 Å². The third-order valence-electron chi connectivity index (χ3n) is 2.92. The number of benzene rings is 2. The maximum absolute atomic E-state index is 6.36. The quantitative estimate of drug-likeness (QED) is 0.562. The molecule has 0 N–H and O–H groups in total. The van der Waals surface area contributed by atoms with Gasteiger partial charge < -0.3 is 4.42 Å². The van der Waals surface area contributed by atoms with Crippen molar-refractivity contribution < 1.29 is 4.42 Å². The third kappa shape index (κ3) is 3.12. The maximum atomic E-state index is 6.36. The van der Waals surface area contributed by atoms with Gasteiger partial charge >= 0.3 is 0 Å². The molecule has 1 heterocycles. The van der Waals surface area contributed by atoms with Crippen molar-refractivity contribution in [3.8, 4) is 11.5 Å². The van der Waals surface area contributed by atoms with Crippen molar-refractivity contribution in [2.75, 3.05) is 0 Å². The van der Waals surface area contributed by atoms with E-state index in [-0.39, 0.29) is 0 Å². The molecular weight excluding hydrogens is 375 g/mol. The minimum absolute atomic E-state index is 0.365. The highest BCUT2D eigenvalue weighted by Crippen LogP contribution is 2.32. The van der Waals surface area contributed by atoms with Crippen molar-refractivity contribution >= 4 is 39.1 Å². The van der Waals surface area contributed by atoms with Gasteiger partial charge in [0.25, 0.3) is 0 Å². The zero-order valence-corrected chi connectivity index (χ0v) is 13.7. The number of rotatable bonds is 3. The molecule has 0 amide bonds. The lowest BCUT2D eigenvalue weighted by Gasteiger charge is -2.04. The topological polar surface area (TPSA) is 38.9 Å². The van der Waals surface area contributed by atoms with Crippen LogP contribution >= 0.6 is 39.1 Å². The fraction of sp³-hybridized carbons (Fsp3) is 0.0667.